The Labute approximate surface area is 164 Å². The first-order valence-electron chi connectivity index (χ1n) is 8.51. The van der Waals surface area contributed by atoms with Crippen LogP contribution in [0.25, 0.3) is 0 Å². The molecule has 3 rings (SSSR count). The van der Waals surface area contributed by atoms with Gasteiger partial charge < -0.3 is 5.73 Å². The van der Waals surface area contributed by atoms with Crippen molar-refractivity contribution in [3.8, 4) is 0 Å². The van der Waals surface area contributed by atoms with E-state index in [1.54, 1.807) is 24.3 Å². The van der Waals surface area contributed by atoms with Crippen LogP contribution in [0.1, 0.15) is 11.1 Å². The van der Waals surface area contributed by atoms with Gasteiger partial charge in [-0.2, -0.15) is 0 Å². The summed E-state index contributed by atoms with van der Waals surface area (Å²) in [7, 11) is -7.43. The van der Waals surface area contributed by atoms with Crippen LogP contribution in [-0.4, -0.2) is 46.0 Å². The highest BCUT2D eigenvalue weighted by Gasteiger charge is 2.28. The van der Waals surface area contributed by atoms with Gasteiger partial charge in [-0.15, -0.1) is 0 Å². The van der Waals surface area contributed by atoms with E-state index in [0.717, 1.165) is 11.1 Å². The van der Waals surface area contributed by atoms with Gasteiger partial charge in [0.2, 0.25) is 20.0 Å². The van der Waals surface area contributed by atoms with Crippen molar-refractivity contribution in [1.82, 2.24) is 10.0 Å². The van der Waals surface area contributed by atoms with Crippen molar-refractivity contribution < 1.29 is 16.8 Å². The molecule has 1 fully saturated rings. The standard InChI is InChI=1S/C17H23N5O4S2/c18-15-11-21(9-13-1-5-16(6-2-13)27(19,23)24)22(12-15)10-14-3-7-17(8-4-14)28(20,25)26/h1-8,15H,9-12,18H2,(H2,19,23,24)(H2,20,25,26). The summed E-state index contributed by atoms with van der Waals surface area (Å²) >= 11 is 0. The summed E-state index contributed by atoms with van der Waals surface area (Å²) in [5.74, 6) is 0. The third-order valence-corrected chi connectivity index (χ3v) is 6.38. The third-order valence-electron chi connectivity index (χ3n) is 4.52. The van der Waals surface area contributed by atoms with Gasteiger partial charge in [-0.3, -0.25) is 0 Å². The molecule has 0 radical (unpaired) electrons. The van der Waals surface area contributed by atoms with Crippen LogP contribution in [0.2, 0.25) is 0 Å². The molecule has 1 aliphatic heterocycles. The highest BCUT2D eigenvalue weighted by atomic mass is 32.2. The van der Waals surface area contributed by atoms with Gasteiger partial charge in [-0.25, -0.2) is 37.1 Å². The molecule has 1 heterocycles. The van der Waals surface area contributed by atoms with Crippen LogP contribution in [-0.2, 0) is 33.1 Å². The Morgan fingerprint density at radius 3 is 1.32 bits per heavy atom. The van der Waals surface area contributed by atoms with E-state index in [4.69, 9.17) is 16.0 Å². The summed E-state index contributed by atoms with van der Waals surface area (Å²) in [6.45, 7) is 2.44. The van der Waals surface area contributed by atoms with E-state index in [9.17, 15) is 16.8 Å². The molecule has 2 aromatic rings. The van der Waals surface area contributed by atoms with Crippen molar-refractivity contribution in [2.75, 3.05) is 13.1 Å². The topological polar surface area (TPSA) is 153 Å². The second-order valence-electron chi connectivity index (χ2n) is 6.83. The van der Waals surface area contributed by atoms with Crippen molar-refractivity contribution in [3.05, 3.63) is 59.7 Å². The normalized spacial score (nSPS) is 17.2. The summed E-state index contributed by atoms with van der Waals surface area (Å²) in [6, 6.07) is 12.8. The maximum atomic E-state index is 11.4. The lowest BCUT2D eigenvalue weighted by atomic mass is 10.2. The zero-order chi connectivity index (χ0) is 20.5. The Balaban J connectivity index is 1.71. The fraction of sp³-hybridized carbons (Fsp3) is 0.294. The lowest BCUT2D eigenvalue weighted by molar-refractivity contribution is 0.0109. The number of nitrogens with zero attached hydrogens (tertiary/aromatic N) is 2. The van der Waals surface area contributed by atoms with E-state index in [-0.39, 0.29) is 15.8 Å². The highest BCUT2D eigenvalue weighted by Crippen LogP contribution is 2.19. The minimum atomic E-state index is -3.72. The number of rotatable bonds is 6. The van der Waals surface area contributed by atoms with E-state index < -0.39 is 20.0 Å². The second kappa shape index (κ2) is 7.87. The maximum Gasteiger partial charge on any atom is 0.238 e. The van der Waals surface area contributed by atoms with Gasteiger partial charge in [0.25, 0.3) is 0 Å². The van der Waals surface area contributed by atoms with Gasteiger partial charge in [0, 0.05) is 32.2 Å². The molecule has 28 heavy (non-hydrogen) atoms. The molecule has 2 aromatic carbocycles. The molecule has 0 atom stereocenters. The van der Waals surface area contributed by atoms with Gasteiger partial charge in [0.05, 0.1) is 9.79 Å². The predicted molar refractivity (Wildman–Crippen MR) is 104 cm³/mol. The van der Waals surface area contributed by atoms with E-state index in [1.165, 1.54) is 24.3 Å². The molecule has 0 amide bonds. The number of sulfonamides is 2. The van der Waals surface area contributed by atoms with Crippen molar-refractivity contribution >= 4 is 20.0 Å². The summed E-state index contributed by atoms with van der Waals surface area (Å²) in [4.78, 5) is 0.141. The molecule has 1 aliphatic rings. The average molecular weight is 426 g/mol. The van der Waals surface area contributed by atoms with Crippen molar-refractivity contribution in [3.63, 3.8) is 0 Å². The Bertz CT molecular complexity index is 952. The van der Waals surface area contributed by atoms with E-state index in [0.29, 0.717) is 26.2 Å². The van der Waals surface area contributed by atoms with Gasteiger partial charge >= 0.3 is 0 Å². The van der Waals surface area contributed by atoms with Gasteiger partial charge in [0.15, 0.2) is 0 Å². The Morgan fingerprint density at radius 2 is 1.04 bits per heavy atom. The molecule has 0 bridgehead atoms. The SMILES string of the molecule is NC1CN(Cc2ccc(S(N)(=O)=O)cc2)N(Cc2ccc(S(N)(=O)=O)cc2)C1. The van der Waals surface area contributed by atoms with E-state index in [1.807, 2.05) is 0 Å². The predicted octanol–water partition coefficient (Wildman–Crippen LogP) is -0.458. The molecule has 1 saturated heterocycles. The van der Waals surface area contributed by atoms with E-state index in [2.05, 4.69) is 10.0 Å². The van der Waals surface area contributed by atoms with Crippen LogP contribution in [0.3, 0.4) is 0 Å². The van der Waals surface area contributed by atoms with Gasteiger partial charge in [-0.05, 0) is 35.4 Å². The molecule has 0 aliphatic carbocycles. The molecule has 0 spiro atoms. The number of nitrogens with two attached hydrogens (primary N) is 3. The van der Waals surface area contributed by atoms with Crippen LogP contribution in [0, 0.1) is 0 Å². The minimum absolute atomic E-state index is 0.0209. The summed E-state index contributed by atoms with van der Waals surface area (Å²) in [5.41, 5.74) is 7.96. The molecular weight excluding hydrogens is 402 g/mol. The average Bonchev–Trinajstić information content (AvgIpc) is 2.93. The molecule has 0 saturated carbocycles. The second-order valence-corrected chi connectivity index (χ2v) is 9.96. The number of hydrogen-bond acceptors (Lipinski definition) is 7. The minimum Gasteiger partial charge on any atom is -0.325 e. The summed E-state index contributed by atoms with van der Waals surface area (Å²) < 4.78 is 45.5. The first kappa shape index (κ1) is 20.9. The van der Waals surface area contributed by atoms with Crippen LogP contribution in [0.15, 0.2) is 58.3 Å². The third kappa shape index (κ3) is 5.14. The molecule has 0 unspecified atom stereocenters. The summed E-state index contributed by atoms with van der Waals surface area (Å²) in [6.07, 6.45) is 0. The van der Waals surface area contributed by atoms with Crippen LogP contribution >= 0.6 is 0 Å². The van der Waals surface area contributed by atoms with Crippen molar-refractivity contribution in [2.45, 2.75) is 28.9 Å². The quantitative estimate of drug-likeness (QED) is 0.566. The zero-order valence-corrected chi connectivity index (χ0v) is 16.7. The number of hydrazine groups is 1. The molecular formula is C17H23N5O4S2. The Kier molecular flexibility index (Phi) is 5.87. The molecule has 0 aromatic heterocycles. The first-order valence-corrected chi connectivity index (χ1v) is 11.6. The molecule has 152 valence electrons. The Hall–Kier alpha value is -1.86. The van der Waals surface area contributed by atoms with Crippen LogP contribution in [0.5, 0.6) is 0 Å². The number of primary sulfonamides is 2. The van der Waals surface area contributed by atoms with E-state index >= 15 is 0 Å². The lowest BCUT2D eigenvalue weighted by Gasteiger charge is -2.28. The fourth-order valence-electron chi connectivity index (χ4n) is 3.15. The maximum absolute atomic E-state index is 11.4. The monoisotopic (exact) mass is 425 g/mol. The lowest BCUT2D eigenvalue weighted by Crippen LogP contribution is -2.35. The number of benzene rings is 2. The van der Waals surface area contributed by atoms with Crippen LogP contribution in [0.4, 0.5) is 0 Å². The summed E-state index contributed by atoms with van der Waals surface area (Å²) in [5, 5.41) is 14.4. The molecule has 11 heteroatoms. The molecule has 9 nitrogen and oxygen atoms in total. The highest BCUT2D eigenvalue weighted by molar-refractivity contribution is 7.89. The first-order chi connectivity index (χ1) is 13.0. The smallest absolute Gasteiger partial charge is 0.238 e. The van der Waals surface area contributed by atoms with Gasteiger partial charge in [0.1, 0.15) is 0 Å². The fourth-order valence-corrected chi connectivity index (χ4v) is 4.18. The van der Waals surface area contributed by atoms with Crippen molar-refractivity contribution in [2.24, 2.45) is 16.0 Å². The van der Waals surface area contributed by atoms with Crippen molar-refractivity contribution in [1.29, 1.82) is 0 Å². The van der Waals surface area contributed by atoms with Gasteiger partial charge in [-0.1, -0.05) is 24.3 Å². The largest absolute Gasteiger partial charge is 0.325 e. The number of hydrogen-bond donors (Lipinski definition) is 3. The zero-order valence-electron chi connectivity index (χ0n) is 15.1. The molecule has 6 N–H and O–H groups in total. The van der Waals surface area contributed by atoms with Crippen LogP contribution < -0.4 is 16.0 Å². The Morgan fingerprint density at radius 1 is 0.714 bits per heavy atom.